The van der Waals surface area contributed by atoms with E-state index in [1.54, 1.807) is 0 Å². The zero-order valence-corrected chi connectivity index (χ0v) is 10.7. The summed E-state index contributed by atoms with van der Waals surface area (Å²) < 4.78 is 5.62. The van der Waals surface area contributed by atoms with Crippen LogP contribution in [0.3, 0.4) is 0 Å². The highest BCUT2D eigenvalue weighted by Crippen LogP contribution is 2.31. The minimum absolute atomic E-state index is 0.699. The summed E-state index contributed by atoms with van der Waals surface area (Å²) >= 11 is 0. The third-order valence-electron chi connectivity index (χ3n) is 3.20. The van der Waals surface area contributed by atoms with E-state index in [4.69, 9.17) is 4.74 Å². The summed E-state index contributed by atoms with van der Waals surface area (Å²) in [4.78, 5) is 4.42. The molecule has 0 spiro atoms. The van der Waals surface area contributed by atoms with Gasteiger partial charge in [0.25, 0.3) is 0 Å². The molecule has 0 amide bonds. The number of anilines is 1. The van der Waals surface area contributed by atoms with Gasteiger partial charge in [-0.05, 0) is 31.0 Å². The van der Waals surface area contributed by atoms with Crippen LogP contribution >= 0.6 is 0 Å². The van der Waals surface area contributed by atoms with Gasteiger partial charge in [-0.15, -0.1) is 0 Å². The molecule has 3 rings (SSSR count). The average Bonchev–Trinajstić information content (AvgIpc) is 2.38. The number of benzene rings is 1. The molecule has 3 nitrogen and oxygen atoms in total. The van der Waals surface area contributed by atoms with Crippen molar-refractivity contribution in [1.29, 1.82) is 0 Å². The van der Waals surface area contributed by atoms with Gasteiger partial charge >= 0.3 is 0 Å². The summed E-state index contributed by atoms with van der Waals surface area (Å²) in [6.45, 7) is 5.75. The highest BCUT2D eigenvalue weighted by Gasteiger charge is 2.12. The zero-order chi connectivity index (χ0) is 12.5. The first kappa shape index (κ1) is 11.1. The van der Waals surface area contributed by atoms with E-state index in [2.05, 4.69) is 48.4 Å². The number of aromatic nitrogens is 1. The van der Waals surface area contributed by atoms with Crippen LogP contribution in [0, 0.1) is 13.8 Å². The Morgan fingerprint density at radius 2 is 2.11 bits per heavy atom. The predicted octanol–water partition coefficient (Wildman–Crippen LogP) is 3.17. The fourth-order valence-corrected chi connectivity index (χ4v) is 2.30. The largest absolute Gasteiger partial charge is 0.488 e. The number of nitrogens with zero attached hydrogens (tertiary/aromatic N) is 1. The number of ether oxygens (including phenoxy) is 1. The van der Waals surface area contributed by atoms with Gasteiger partial charge in [-0.3, -0.25) is 0 Å². The molecule has 92 valence electrons. The van der Waals surface area contributed by atoms with Gasteiger partial charge in [0.05, 0.1) is 6.54 Å². The van der Waals surface area contributed by atoms with Crippen molar-refractivity contribution in [2.24, 2.45) is 0 Å². The summed E-state index contributed by atoms with van der Waals surface area (Å²) in [5, 5.41) is 3.23. The van der Waals surface area contributed by atoms with Crippen molar-refractivity contribution in [2.45, 2.75) is 13.8 Å². The summed E-state index contributed by atoms with van der Waals surface area (Å²) in [7, 11) is 0. The second-order valence-electron chi connectivity index (χ2n) is 4.66. The first-order chi connectivity index (χ1) is 8.74. The zero-order valence-electron chi connectivity index (χ0n) is 10.7. The van der Waals surface area contributed by atoms with Crippen molar-refractivity contribution in [3.8, 4) is 16.9 Å². The van der Waals surface area contributed by atoms with E-state index in [1.807, 2.05) is 6.20 Å². The van der Waals surface area contributed by atoms with Gasteiger partial charge in [-0.1, -0.05) is 23.8 Å². The van der Waals surface area contributed by atoms with Crippen LogP contribution in [-0.2, 0) is 0 Å². The molecule has 0 saturated heterocycles. The van der Waals surface area contributed by atoms with Gasteiger partial charge in [0.1, 0.15) is 6.61 Å². The molecule has 0 radical (unpaired) electrons. The molecule has 0 saturated carbocycles. The molecule has 1 aliphatic heterocycles. The number of hydrogen-bond donors (Lipinski definition) is 1. The molecule has 1 aromatic carbocycles. The van der Waals surface area contributed by atoms with Crippen molar-refractivity contribution in [1.82, 2.24) is 4.98 Å². The molecule has 0 atom stereocenters. The predicted molar refractivity (Wildman–Crippen MR) is 73.1 cm³/mol. The fourth-order valence-electron chi connectivity index (χ4n) is 2.30. The number of nitrogens with one attached hydrogen (secondary N) is 1. The van der Waals surface area contributed by atoms with Gasteiger partial charge < -0.3 is 10.1 Å². The third kappa shape index (κ3) is 1.92. The highest BCUT2D eigenvalue weighted by atomic mass is 16.5. The maximum atomic E-state index is 5.62. The molecule has 18 heavy (non-hydrogen) atoms. The van der Waals surface area contributed by atoms with Gasteiger partial charge in [0.2, 0.25) is 0 Å². The number of rotatable bonds is 1. The van der Waals surface area contributed by atoms with Crippen LogP contribution in [0.2, 0.25) is 0 Å². The monoisotopic (exact) mass is 240 g/mol. The molecule has 2 heterocycles. The van der Waals surface area contributed by atoms with Gasteiger partial charge in [-0.2, -0.15) is 0 Å². The maximum absolute atomic E-state index is 5.62. The maximum Gasteiger partial charge on any atom is 0.168 e. The summed E-state index contributed by atoms with van der Waals surface area (Å²) in [5.41, 5.74) is 4.86. The molecule has 0 unspecified atom stereocenters. The Balaban J connectivity index is 2.06. The normalized spacial score (nSPS) is 13.4. The van der Waals surface area contributed by atoms with E-state index in [-0.39, 0.29) is 0 Å². The Hall–Kier alpha value is -2.03. The van der Waals surface area contributed by atoms with Crippen LogP contribution in [0.4, 0.5) is 5.82 Å². The lowest BCUT2D eigenvalue weighted by Gasteiger charge is -2.19. The van der Waals surface area contributed by atoms with Crippen LogP contribution in [0.1, 0.15) is 11.1 Å². The van der Waals surface area contributed by atoms with Gasteiger partial charge in [0, 0.05) is 11.8 Å². The first-order valence-corrected chi connectivity index (χ1v) is 6.18. The summed E-state index contributed by atoms with van der Waals surface area (Å²) in [5.74, 6) is 1.69. The molecule has 1 aliphatic rings. The Kier molecular flexibility index (Phi) is 2.67. The topological polar surface area (TPSA) is 34.1 Å². The van der Waals surface area contributed by atoms with Crippen molar-refractivity contribution in [3.05, 3.63) is 41.6 Å². The minimum Gasteiger partial charge on any atom is -0.488 e. The Morgan fingerprint density at radius 1 is 1.22 bits per heavy atom. The van der Waals surface area contributed by atoms with E-state index in [0.29, 0.717) is 6.61 Å². The van der Waals surface area contributed by atoms with Crippen LogP contribution in [0.15, 0.2) is 30.5 Å². The Morgan fingerprint density at radius 3 is 2.94 bits per heavy atom. The molecule has 1 N–H and O–H groups in total. The molecular weight excluding hydrogens is 224 g/mol. The Labute approximate surface area is 107 Å². The fraction of sp³-hybridized carbons (Fsp3) is 0.267. The van der Waals surface area contributed by atoms with Gasteiger partial charge in [0.15, 0.2) is 11.6 Å². The molecule has 1 aromatic heterocycles. The highest BCUT2D eigenvalue weighted by molar-refractivity contribution is 5.71. The van der Waals surface area contributed by atoms with E-state index >= 15 is 0 Å². The van der Waals surface area contributed by atoms with E-state index in [9.17, 15) is 0 Å². The molecule has 3 heteroatoms. The summed E-state index contributed by atoms with van der Waals surface area (Å²) in [6.07, 6.45) is 1.90. The quantitative estimate of drug-likeness (QED) is 0.831. The van der Waals surface area contributed by atoms with Crippen LogP contribution < -0.4 is 10.1 Å². The standard InChI is InChI=1S/C15H16N2O/c1-10-3-4-13(11(2)7-10)12-8-14-15(17-9-12)16-5-6-18-14/h3-4,7-9H,5-6H2,1-2H3,(H,16,17). The van der Waals surface area contributed by atoms with Crippen molar-refractivity contribution < 1.29 is 4.74 Å². The Bertz CT molecular complexity index is 593. The smallest absolute Gasteiger partial charge is 0.168 e. The van der Waals surface area contributed by atoms with Crippen LogP contribution in [-0.4, -0.2) is 18.1 Å². The second-order valence-corrected chi connectivity index (χ2v) is 4.66. The van der Waals surface area contributed by atoms with Crippen molar-refractivity contribution in [3.63, 3.8) is 0 Å². The average molecular weight is 240 g/mol. The van der Waals surface area contributed by atoms with Crippen molar-refractivity contribution >= 4 is 5.82 Å². The SMILES string of the molecule is Cc1ccc(-c2cnc3c(c2)OCCN3)c(C)c1. The molecule has 2 aromatic rings. The molecule has 0 bridgehead atoms. The third-order valence-corrected chi connectivity index (χ3v) is 3.20. The summed E-state index contributed by atoms with van der Waals surface area (Å²) in [6, 6.07) is 8.52. The first-order valence-electron chi connectivity index (χ1n) is 6.18. The molecule has 0 fully saturated rings. The van der Waals surface area contributed by atoms with E-state index < -0.39 is 0 Å². The van der Waals surface area contributed by atoms with Crippen LogP contribution in [0.25, 0.3) is 11.1 Å². The van der Waals surface area contributed by atoms with Crippen LogP contribution in [0.5, 0.6) is 5.75 Å². The number of pyridine rings is 1. The molecular formula is C15H16N2O. The number of fused-ring (bicyclic) bond motifs is 1. The second kappa shape index (κ2) is 4.33. The van der Waals surface area contributed by atoms with Crippen molar-refractivity contribution in [2.75, 3.05) is 18.5 Å². The number of hydrogen-bond acceptors (Lipinski definition) is 3. The van der Waals surface area contributed by atoms with Gasteiger partial charge in [-0.25, -0.2) is 4.98 Å². The number of aryl methyl sites for hydroxylation is 2. The lowest BCUT2D eigenvalue weighted by Crippen LogP contribution is -2.18. The lowest BCUT2D eigenvalue weighted by atomic mass is 10.00. The van der Waals surface area contributed by atoms with E-state index in [1.165, 1.54) is 16.7 Å². The molecule has 0 aliphatic carbocycles. The van der Waals surface area contributed by atoms with E-state index in [0.717, 1.165) is 23.7 Å². The minimum atomic E-state index is 0.699. The lowest BCUT2D eigenvalue weighted by molar-refractivity contribution is 0.321.